The zero-order chi connectivity index (χ0) is 14.1. The second kappa shape index (κ2) is 4.72. The highest BCUT2D eigenvalue weighted by atomic mass is 16.6. The van der Waals surface area contributed by atoms with Crippen molar-refractivity contribution in [2.75, 3.05) is 11.4 Å². The Morgan fingerprint density at radius 1 is 1.45 bits per heavy atom. The molecular weight excluding hydrogens is 262 g/mol. The summed E-state index contributed by atoms with van der Waals surface area (Å²) in [7, 11) is 0. The molecule has 2 heterocycles. The average molecular weight is 273 g/mol. The lowest BCUT2D eigenvalue weighted by molar-refractivity contribution is -0.384. The molecule has 1 aliphatic heterocycles. The first-order valence-electron chi connectivity index (χ1n) is 6.05. The number of fused-ring (bicyclic) bond motifs is 1. The van der Waals surface area contributed by atoms with E-state index in [0.29, 0.717) is 13.0 Å². The molecule has 0 saturated carbocycles. The molecule has 8 heteroatoms. The summed E-state index contributed by atoms with van der Waals surface area (Å²) in [6.07, 6.45) is 3.47. The van der Waals surface area contributed by atoms with E-state index < -0.39 is 4.92 Å². The normalized spacial score (nSPS) is 13.3. The lowest BCUT2D eigenvalue weighted by atomic mass is 10.1. The lowest BCUT2D eigenvalue weighted by Gasteiger charge is -2.16. The van der Waals surface area contributed by atoms with Gasteiger partial charge in [-0.15, -0.1) is 0 Å². The van der Waals surface area contributed by atoms with E-state index in [0.717, 1.165) is 11.3 Å². The van der Waals surface area contributed by atoms with Gasteiger partial charge in [0.15, 0.2) is 0 Å². The Morgan fingerprint density at radius 2 is 2.30 bits per heavy atom. The summed E-state index contributed by atoms with van der Waals surface area (Å²) >= 11 is 0. The van der Waals surface area contributed by atoms with Crippen LogP contribution < -0.4 is 4.90 Å². The molecule has 8 nitrogen and oxygen atoms in total. The second-order valence-corrected chi connectivity index (χ2v) is 4.46. The van der Waals surface area contributed by atoms with Crippen molar-refractivity contribution < 1.29 is 9.72 Å². The predicted octanol–water partition coefficient (Wildman–Crippen LogP) is 0.776. The van der Waals surface area contributed by atoms with Crippen LogP contribution in [0.2, 0.25) is 0 Å². The Balaban J connectivity index is 1.82. The van der Waals surface area contributed by atoms with Gasteiger partial charge in [-0.1, -0.05) is 0 Å². The van der Waals surface area contributed by atoms with Crippen LogP contribution in [-0.2, 0) is 17.8 Å². The number of rotatable bonds is 3. The van der Waals surface area contributed by atoms with Crippen molar-refractivity contribution in [3.8, 4) is 0 Å². The van der Waals surface area contributed by atoms with Crippen molar-refractivity contribution in [1.82, 2.24) is 14.8 Å². The van der Waals surface area contributed by atoms with E-state index >= 15 is 0 Å². The average Bonchev–Trinajstić information content (AvgIpc) is 3.06. The summed E-state index contributed by atoms with van der Waals surface area (Å²) in [4.78, 5) is 27.9. The van der Waals surface area contributed by atoms with Gasteiger partial charge in [-0.2, -0.15) is 5.10 Å². The highest BCUT2D eigenvalue weighted by Gasteiger charge is 2.26. The summed E-state index contributed by atoms with van der Waals surface area (Å²) in [6, 6.07) is 4.57. The minimum absolute atomic E-state index is 0.0503. The number of hydrogen-bond donors (Lipinski definition) is 0. The summed E-state index contributed by atoms with van der Waals surface area (Å²) in [5.41, 5.74) is 1.61. The third kappa shape index (κ3) is 2.11. The molecule has 20 heavy (non-hydrogen) atoms. The first-order valence-corrected chi connectivity index (χ1v) is 6.05. The van der Waals surface area contributed by atoms with E-state index in [1.165, 1.54) is 29.5 Å². The van der Waals surface area contributed by atoms with Crippen LogP contribution in [0.15, 0.2) is 30.9 Å². The molecule has 0 unspecified atom stereocenters. The Bertz CT molecular complexity index is 668. The molecule has 0 aliphatic carbocycles. The van der Waals surface area contributed by atoms with Crippen LogP contribution in [0.1, 0.15) is 5.56 Å². The van der Waals surface area contributed by atoms with Crippen LogP contribution >= 0.6 is 0 Å². The van der Waals surface area contributed by atoms with Crippen LogP contribution in [0.5, 0.6) is 0 Å². The molecular formula is C12H11N5O3. The van der Waals surface area contributed by atoms with Gasteiger partial charge in [0.05, 0.1) is 4.92 Å². The van der Waals surface area contributed by atoms with Gasteiger partial charge < -0.3 is 4.90 Å². The number of aromatic nitrogens is 3. The van der Waals surface area contributed by atoms with Gasteiger partial charge >= 0.3 is 0 Å². The maximum atomic E-state index is 12.2. The number of anilines is 1. The van der Waals surface area contributed by atoms with Gasteiger partial charge in [0.2, 0.25) is 5.91 Å². The van der Waals surface area contributed by atoms with Gasteiger partial charge in [0, 0.05) is 24.4 Å². The topological polar surface area (TPSA) is 94.2 Å². The van der Waals surface area contributed by atoms with E-state index in [9.17, 15) is 14.9 Å². The van der Waals surface area contributed by atoms with E-state index in [1.54, 1.807) is 11.0 Å². The predicted molar refractivity (Wildman–Crippen MR) is 69.2 cm³/mol. The van der Waals surface area contributed by atoms with E-state index in [-0.39, 0.29) is 18.1 Å². The summed E-state index contributed by atoms with van der Waals surface area (Å²) in [5.74, 6) is -0.108. The van der Waals surface area contributed by atoms with Crippen LogP contribution in [-0.4, -0.2) is 32.1 Å². The third-order valence-electron chi connectivity index (χ3n) is 3.23. The van der Waals surface area contributed by atoms with Crippen molar-refractivity contribution in [3.63, 3.8) is 0 Å². The van der Waals surface area contributed by atoms with Crippen molar-refractivity contribution in [2.45, 2.75) is 13.0 Å². The first kappa shape index (κ1) is 12.3. The van der Waals surface area contributed by atoms with Gasteiger partial charge in [-0.3, -0.25) is 14.9 Å². The minimum atomic E-state index is -0.430. The fourth-order valence-electron chi connectivity index (χ4n) is 2.30. The molecule has 0 radical (unpaired) electrons. The Hall–Kier alpha value is -2.77. The number of non-ortho nitro benzene ring substituents is 1. The van der Waals surface area contributed by atoms with Crippen molar-refractivity contribution in [2.24, 2.45) is 0 Å². The first-order chi connectivity index (χ1) is 9.65. The number of carbonyl (C=O) groups is 1. The van der Waals surface area contributed by atoms with Crippen LogP contribution in [0.4, 0.5) is 11.4 Å². The van der Waals surface area contributed by atoms with E-state index in [4.69, 9.17) is 0 Å². The standard InChI is InChI=1S/C12H11N5O3/c18-12(6-15-8-13-7-14-15)16-4-3-9-5-10(17(19)20)1-2-11(9)16/h1-2,5,7-8H,3-4,6H2. The van der Waals surface area contributed by atoms with E-state index in [1.807, 2.05) is 0 Å². The Labute approximate surface area is 113 Å². The number of hydrogen-bond acceptors (Lipinski definition) is 5. The van der Waals surface area contributed by atoms with Crippen molar-refractivity contribution in [1.29, 1.82) is 0 Å². The number of carbonyl (C=O) groups excluding carboxylic acids is 1. The fraction of sp³-hybridized carbons (Fsp3) is 0.250. The molecule has 0 spiro atoms. The van der Waals surface area contributed by atoms with Gasteiger partial charge in [0.25, 0.3) is 5.69 Å². The molecule has 2 aromatic rings. The molecule has 0 N–H and O–H groups in total. The van der Waals surface area contributed by atoms with Gasteiger partial charge in [-0.25, -0.2) is 9.67 Å². The SMILES string of the molecule is O=C(Cn1cncn1)N1CCc2cc([N+](=O)[O-])ccc21. The minimum Gasteiger partial charge on any atom is -0.310 e. The largest absolute Gasteiger partial charge is 0.310 e. The van der Waals surface area contributed by atoms with Crippen LogP contribution in [0.3, 0.4) is 0 Å². The molecule has 0 atom stereocenters. The van der Waals surface area contributed by atoms with Crippen LogP contribution in [0.25, 0.3) is 0 Å². The molecule has 3 rings (SSSR count). The molecule has 1 aromatic carbocycles. The van der Waals surface area contributed by atoms with Crippen LogP contribution in [0, 0.1) is 10.1 Å². The Morgan fingerprint density at radius 3 is 3.00 bits per heavy atom. The summed E-state index contributed by atoms with van der Waals surface area (Å²) in [6.45, 7) is 0.639. The number of nitro benzene ring substituents is 1. The highest BCUT2D eigenvalue weighted by molar-refractivity contribution is 5.95. The van der Waals surface area contributed by atoms with Gasteiger partial charge in [0.1, 0.15) is 19.2 Å². The monoisotopic (exact) mass is 273 g/mol. The lowest BCUT2D eigenvalue weighted by Crippen LogP contribution is -2.32. The zero-order valence-corrected chi connectivity index (χ0v) is 10.5. The summed E-state index contributed by atoms with van der Waals surface area (Å²) < 4.78 is 1.45. The molecule has 0 bridgehead atoms. The number of nitro groups is 1. The number of nitrogens with zero attached hydrogens (tertiary/aromatic N) is 5. The Kier molecular flexibility index (Phi) is 2.90. The van der Waals surface area contributed by atoms with Crippen molar-refractivity contribution in [3.05, 3.63) is 46.5 Å². The maximum Gasteiger partial charge on any atom is 0.269 e. The highest BCUT2D eigenvalue weighted by Crippen LogP contribution is 2.31. The van der Waals surface area contributed by atoms with Crippen molar-refractivity contribution >= 4 is 17.3 Å². The quantitative estimate of drug-likeness (QED) is 0.608. The molecule has 1 aromatic heterocycles. The molecule has 1 aliphatic rings. The number of benzene rings is 1. The molecule has 0 fully saturated rings. The maximum absolute atomic E-state index is 12.2. The zero-order valence-electron chi connectivity index (χ0n) is 10.5. The summed E-state index contributed by atoms with van der Waals surface area (Å²) in [5, 5.41) is 14.6. The number of amides is 1. The molecule has 0 saturated heterocycles. The smallest absolute Gasteiger partial charge is 0.269 e. The molecule has 1 amide bonds. The third-order valence-corrected chi connectivity index (χ3v) is 3.23. The molecule has 102 valence electrons. The second-order valence-electron chi connectivity index (χ2n) is 4.46. The van der Waals surface area contributed by atoms with Gasteiger partial charge in [-0.05, 0) is 18.1 Å². The fourth-order valence-corrected chi connectivity index (χ4v) is 2.30. The van der Waals surface area contributed by atoms with E-state index in [2.05, 4.69) is 10.1 Å².